The highest BCUT2D eigenvalue weighted by molar-refractivity contribution is 7.89. The standard InChI is InChI=1S/C20H25N5O5S/c1-14-19(15(2)30-22-14)31(28,29)24-12-10-23(11-13-24)20(27)21-16-5-7-17(8-6-16)25-9-3-4-18(25)26/h5-8H,3-4,9-13H2,1-2H3,(H,21,27). The van der Waals surface area contributed by atoms with E-state index < -0.39 is 10.0 Å². The molecule has 2 aromatic rings. The van der Waals surface area contributed by atoms with E-state index in [4.69, 9.17) is 4.52 Å². The number of aryl methyl sites for hydroxylation is 2. The third kappa shape index (κ3) is 4.15. The lowest BCUT2D eigenvalue weighted by molar-refractivity contribution is -0.117. The molecule has 31 heavy (non-hydrogen) atoms. The van der Waals surface area contributed by atoms with E-state index in [0.29, 0.717) is 24.3 Å². The number of amides is 3. The topological polar surface area (TPSA) is 116 Å². The fraction of sp³-hybridized carbons (Fsp3) is 0.450. The summed E-state index contributed by atoms with van der Waals surface area (Å²) in [6.07, 6.45) is 1.42. The number of nitrogens with one attached hydrogen (secondary N) is 1. The molecule has 4 rings (SSSR count). The monoisotopic (exact) mass is 447 g/mol. The summed E-state index contributed by atoms with van der Waals surface area (Å²) in [7, 11) is -3.72. The number of nitrogens with zero attached hydrogens (tertiary/aromatic N) is 4. The van der Waals surface area contributed by atoms with E-state index >= 15 is 0 Å². The van der Waals surface area contributed by atoms with E-state index in [2.05, 4.69) is 10.5 Å². The number of benzene rings is 1. The Labute approximate surface area is 180 Å². The maximum Gasteiger partial charge on any atom is 0.321 e. The van der Waals surface area contributed by atoms with Crippen LogP contribution >= 0.6 is 0 Å². The van der Waals surface area contributed by atoms with Crippen LogP contribution in [0.2, 0.25) is 0 Å². The Morgan fingerprint density at radius 3 is 2.29 bits per heavy atom. The number of hydrogen-bond donors (Lipinski definition) is 1. The molecule has 166 valence electrons. The number of hydrogen-bond acceptors (Lipinski definition) is 6. The first-order valence-electron chi connectivity index (χ1n) is 10.2. The van der Waals surface area contributed by atoms with Gasteiger partial charge < -0.3 is 19.6 Å². The molecule has 2 aliphatic rings. The molecular weight excluding hydrogens is 422 g/mol. The van der Waals surface area contributed by atoms with Crippen LogP contribution in [-0.2, 0) is 14.8 Å². The molecule has 1 aromatic heterocycles. The molecule has 2 saturated heterocycles. The average molecular weight is 448 g/mol. The smallest absolute Gasteiger partial charge is 0.321 e. The van der Waals surface area contributed by atoms with Gasteiger partial charge in [0.1, 0.15) is 10.6 Å². The molecule has 3 heterocycles. The number of carbonyl (C=O) groups is 2. The number of carbonyl (C=O) groups excluding carboxylic acids is 2. The van der Waals surface area contributed by atoms with Gasteiger partial charge in [0.05, 0.1) is 0 Å². The number of urea groups is 1. The van der Waals surface area contributed by atoms with Gasteiger partial charge in [0.15, 0.2) is 5.76 Å². The predicted octanol–water partition coefficient (Wildman–Crippen LogP) is 1.96. The lowest BCUT2D eigenvalue weighted by Gasteiger charge is -2.33. The summed E-state index contributed by atoms with van der Waals surface area (Å²) < 4.78 is 32.1. The molecule has 11 heteroatoms. The Hall–Kier alpha value is -2.92. The summed E-state index contributed by atoms with van der Waals surface area (Å²) in [5, 5.41) is 6.56. The minimum atomic E-state index is -3.72. The van der Waals surface area contributed by atoms with Crippen LogP contribution in [0.3, 0.4) is 0 Å². The normalized spacial score (nSPS) is 17.9. The van der Waals surface area contributed by atoms with Crippen LogP contribution in [-0.4, -0.2) is 67.4 Å². The highest BCUT2D eigenvalue weighted by Crippen LogP contribution is 2.25. The Kier molecular flexibility index (Phi) is 5.71. The maximum absolute atomic E-state index is 12.9. The second-order valence-corrected chi connectivity index (χ2v) is 9.55. The molecule has 2 fully saturated rings. The van der Waals surface area contributed by atoms with Crippen molar-refractivity contribution in [3.63, 3.8) is 0 Å². The molecule has 0 bridgehead atoms. The number of anilines is 2. The second kappa shape index (κ2) is 8.31. The van der Waals surface area contributed by atoms with Crippen molar-refractivity contribution < 1.29 is 22.5 Å². The van der Waals surface area contributed by atoms with Crippen molar-refractivity contribution in [2.45, 2.75) is 31.6 Å². The predicted molar refractivity (Wildman–Crippen MR) is 113 cm³/mol. The van der Waals surface area contributed by atoms with Crippen molar-refractivity contribution >= 4 is 33.3 Å². The van der Waals surface area contributed by atoms with Crippen molar-refractivity contribution in [3.8, 4) is 0 Å². The van der Waals surface area contributed by atoms with E-state index in [1.807, 2.05) is 12.1 Å². The fourth-order valence-electron chi connectivity index (χ4n) is 3.95. The molecule has 0 radical (unpaired) electrons. The molecule has 1 N–H and O–H groups in total. The fourth-order valence-corrected chi connectivity index (χ4v) is 5.67. The van der Waals surface area contributed by atoms with Crippen LogP contribution in [0.4, 0.5) is 16.2 Å². The lowest BCUT2D eigenvalue weighted by Crippen LogP contribution is -2.51. The molecular formula is C20H25N5O5S. The molecule has 10 nitrogen and oxygen atoms in total. The average Bonchev–Trinajstić information content (AvgIpc) is 3.33. The molecule has 2 aliphatic heterocycles. The molecule has 1 aromatic carbocycles. The van der Waals surface area contributed by atoms with Gasteiger partial charge in [0.25, 0.3) is 0 Å². The minimum Gasteiger partial charge on any atom is -0.360 e. The van der Waals surface area contributed by atoms with Crippen LogP contribution in [0.5, 0.6) is 0 Å². The van der Waals surface area contributed by atoms with Crippen LogP contribution < -0.4 is 10.2 Å². The zero-order valence-electron chi connectivity index (χ0n) is 17.5. The Balaban J connectivity index is 1.35. The maximum atomic E-state index is 12.9. The summed E-state index contributed by atoms with van der Waals surface area (Å²) in [6.45, 7) is 4.81. The molecule has 0 saturated carbocycles. The van der Waals surface area contributed by atoms with Crippen molar-refractivity contribution in [2.24, 2.45) is 0 Å². The van der Waals surface area contributed by atoms with Crippen molar-refractivity contribution in [1.82, 2.24) is 14.4 Å². The first-order chi connectivity index (χ1) is 14.8. The van der Waals surface area contributed by atoms with E-state index in [9.17, 15) is 18.0 Å². The van der Waals surface area contributed by atoms with E-state index in [1.165, 1.54) is 4.31 Å². The Morgan fingerprint density at radius 1 is 1.06 bits per heavy atom. The van der Waals surface area contributed by atoms with Gasteiger partial charge >= 0.3 is 6.03 Å². The minimum absolute atomic E-state index is 0.0991. The number of piperazine rings is 1. The summed E-state index contributed by atoms with van der Waals surface area (Å²) in [5.74, 6) is 0.373. The Bertz CT molecular complexity index is 1070. The van der Waals surface area contributed by atoms with E-state index in [-0.39, 0.29) is 48.8 Å². The summed E-state index contributed by atoms with van der Waals surface area (Å²) in [6, 6.07) is 6.85. The SMILES string of the molecule is Cc1noc(C)c1S(=O)(=O)N1CCN(C(=O)Nc2ccc(N3CCCC3=O)cc2)CC1. The third-order valence-electron chi connectivity index (χ3n) is 5.60. The molecule has 0 unspecified atom stereocenters. The number of sulfonamides is 1. The molecule has 3 amide bonds. The van der Waals surface area contributed by atoms with Gasteiger partial charge in [-0.2, -0.15) is 4.31 Å². The van der Waals surface area contributed by atoms with E-state index in [1.54, 1.807) is 35.8 Å². The first-order valence-corrected chi connectivity index (χ1v) is 11.6. The van der Waals surface area contributed by atoms with Crippen LogP contribution in [0.25, 0.3) is 0 Å². The third-order valence-corrected chi connectivity index (χ3v) is 7.74. The van der Waals surface area contributed by atoms with Crippen LogP contribution in [0, 0.1) is 13.8 Å². The molecule has 0 spiro atoms. The zero-order chi connectivity index (χ0) is 22.2. The second-order valence-electron chi connectivity index (χ2n) is 7.67. The van der Waals surface area contributed by atoms with Gasteiger partial charge in [-0.3, -0.25) is 4.79 Å². The van der Waals surface area contributed by atoms with Gasteiger partial charge in [0.2, 0.25) is 15.9 Å². The number of rotatable bonds is 4. The zero-order valence-corrected chi connectivity index (χ0v) is 18.3. The summed E-state index contributed by atoms with van der Waals surface area (Å²) in [4.78, 5) is 27.9. The van der Waals surface area contributed by atoms with Crippen LogP contribution in [0.1, 0.15) is 24.3 Å². The van der Waals surface area contributed by atoms with Gasteiger partial charge in [-0.15, -0.1) is 0 Å². The molecule has 0 atom stereocenters. The largest absolute Gasteiger partial charge is 0.360 e. The quantitative estimate of drug-likeness (QED) is 0.766. The highest BCUT2D eigenvalue weighted by Gasteiger charge is 2.34. The molecule has 0 aliphatic carbocycles. The first kappa shape index (κ1) is 21.3. The van der Waals surface area contributed by atoms with Crippen molar-refractivity contribution in [3.05, 3.63) is 35.7 Å². The summed E-state index contributed by atoms with van der Waals surface area (Å²) in [5.41, 5.74) is 1.77. The van der Waals surface area contributed by atoms with E-state index in [0.717, 1.165) is 12.1 Å². The van der Waals surface area contributed by atoms with Crippen molar-refractivity contribution in [1.29, 1.82) is 0 Å². The lowest BCUT2D eigenvalue weighted by atomic mass is 10.2. The van der Waals surface area contributed by atoms with Gasteiger partial charge in [-0.05, 0) is 44.5 Å². The number of aromatic nitrogens is 1. The Morgan fingerprint density at radius 2 is 1.74 bits per heavy atom. The van der Waals surface area contributed by atoms with Crippen molar-refractivity contribution in [2.75, 3.05) is 42.9 Å². The highest BCUT2D eigenvalue weighted by atomic mass is 32.2. The van der Waals surface area contributed by atoms with Gasteiger partial charge in [-0.25, -0.2) is 13.2 Å². The summed E-state index contributed by atoms with van der Waals surface area (Å²) >= 11 is 0. The van der Waals surface area contributed by atoms with Gasteiger partial charge in [0, 0.05) is 50.5 Å². The van der Waals surface area contributed by atoms with Gasteiger partial charge in [-0.1, -0.05) is 5.16 Å². The van der Waals surface area contributed by atoms with Crippen LogP contribution in [0.15, 0.2) is 33.7 Å².